The average molecular weight is 321 g/mol. The number of nitro groups is 1. The fourth-order valence-electron chi connectivity index (χ4n) is 2.86. The van der Waals surface area contributed by atoms with Crippen molar-refractivity contribution in [1.82, 2.24) is 0 Å². The largest absolute Gasteiger partial charge is 0.550 e. The molecule has 1 amide bonds. The van der Waals surface area contributed by atoms with Crippen LogP contribution in [0.1, 0.15) is 0 Å². The van der Waals surface area contributed by atoms with E-state index < -0.39 is 52.3 Å². The summed E-state index contributed by atoms with van der Waals surface area (Å²) < 4.78 is 18.6. The highest BCUT2D eigenvalue weighted by molar-refractivity contribution is 5.96. The van der Waals surface area contributed by atoms with Crippen molar-refractivity contribution < 1.29 is 28.7 Å². The molecule has 0 radical (unpaired) electrons. The highest BCUT2D eigenvalue weighted by Gasteiger charge is 2.50. The number of hydrogen-bond donors (Lipinski definition) is 1. The lowest BCUT2D eigenvalue weighted by molar-refractivity contribution is -0.387. The second kappa shape index (κ2) is 5.43. The van der Waals surface area contributed by atoms with Crippen molar-refractivity contribution in [2.45, 2.75) is 12.2 Å². The van der Waals surface area contributed by atoms with Gasteiger partial charge in [0.2, 0.25) is 11.7 Å². The van der Waals surface area contributed by atoms with Gasteiger partial charge in [-0.3, -0.25) is 14.9 Å². The molecule has 2 aliphatic rings. The van der Waals surface area contributed by atoms with Gasteiger partial charge in [0.15, 0.2) is 0 Å². The van der Waals surface area contributed by atoms with Crippen LogP contribution < -0.4 is 10.4 Å². The van der Waals surface area contributed by atoms with E-state index in [0.717, 1.165) is 18.2 Å². The number of ether oxygens (including phenoxy) is 1. The Kier molecular flexibility index (Phi) is 3.57. The van der Waals surface area contributed by atoms with E-state index in [-0.39, 0.29) is 5.69 Å². The van der Waals surface area contributed by atoms with E-state index >= 15 is 0 Å². The van der Waals surface area contributed by atoms with Crippen LogP contribution >= 0.6 is 0 Å². The van der Waals surface area contributed by atoms with Crippen LogP contribution in [-0.4, -0.2) is 29.0 Å². The molecule has 0 saturated carbocycles. The highest BCUT2D eigenvalue weighted by atomic mass is 19.1. The number of rotatable bonds is 4. The number of carboxylic acid groups (broad SMARTS) is 1. The molecule has 0 aromatic heterocycles. The fourth-order valence-corrected chi connectivity index (χ4v) is 2.86. The summed E-state index contributed by atoms with van der Waals surface area (Å²) in [6, 6.07) is 2.87. The second-order valence-corrected chi connectivity index (χ2v) is 5.23. The molecule has 2 bridgehead atoms. The van der Waals surface area contributed by atoms with Gasteiger partial charge in [0.05, 0.1) is 23.0 Å². The molecule has 1 saturated heterocycles. The third kappa shape index (κ3) is 2.55. The molecule has 2 heterocycles. The molecule has 1 aromatic rings. The predicted octanol–water partition coefficient (Wildman–Crippen LogP) is -0.00810. The maximum Gasteiger partial charge on any atom is 0.306 e. The minimum Gasteiger partial charge on any atom is -0.550 e. The van der Waals surface area contributed by atoms with Crippen LogP contribution in [-0.2, 0) is 14.3 Å². The maximum atomic E-state index is 13.3. The number of hydrogen-bond acceptors (Lipinski definition) is 6. The molecule has 120 valence electrons. The first-order valence-electron chi connectivity index (χ1n) is 6.68. The molecule has 8 nitrogen and oxygen atoms in total. The van der Waals surface area contributed by atoms with Gasteiger partial charge >= 0.3 is 5.69 Å². The number of halogens is 1. The number of anilines is 1. The number of nitrogens with zero attached hydrogens (tertiary/aromatic N) is 1. The quantitative estimate of drug-likeness (QED) is 0.473. The van der Waals surface area contributed by atoms with Crippen LogP contribution in [0.25, 0.3) is 0 Å². The van der Waals surface area contributed by atoms with Gasteiger partial charge in [0, 0.05) is 23.6 Å². The maximum absolute atomic E-state index is 13.3. The number of carbonyl (C=O) groups excluding carboxylic acids is 2. The van der Waals surface area contributed by atoms with Gasteiger partial charge in [-0.25, -0.2) is 0 Å². The Morgan fingerprint density at radius 1 is 1.22 bits per heavy atom. The minimum absolute atomic E-state index is 0.00745. The number of carboxylic acids is 1. The van der Waals surface area contributed by atoms with Crippen LogP contribution in [0.3, 0.4) is 0 Å². The Morgan fingerprint density at radius 2 is 1.87 bits per heavy atom. The van der Waals surface area contributed by atoms with E-state index in [2.05, 4.69) is 5.32 Å². The summed E-state index contributed by atoms with van der Waals surface area (Å²) in [5.74, 6) is -5.28. The molecule has 23 heavy (non-hydrogen) atoms. The summed E-state index contributed by atoms with van der Waals surface area (Å²) >= 11 is 0. The molecule has 9 heteroatoms. The minimum atomic E-state index is -1.41. The normalized spacial score (nSPS) is 27.9. The van der Waals surface area contributed by atoms with Crippen molar-refractivity contribution >= 4 is 23.3 Å². The van der Waals surface area contributed by atoms with Crippen LogP contribution in [0.5, 0.6) is 0 Å². The van der Waals surface area contributed by atoms with E-state index in [1.165, 1.54) is 0 Å². The zero-order chi connectivity index (χ0) is 16.7. The number of fused-ring (bicyclic) bond motifs is 2. The van der Waals surface area contributed by atoms with Crippen LogP contribution in [0.15, 0.2) is 30.4 Å². The molecule has 4 atom stereocenters. The molecular formula is C14H10FN2O6-. The van der Waals surface area contributed by atoms with E-state index in [0.29, 0.717) is 0 Å². The molecule has 0 aliphatic carbocycles. The Morgan fingerprint density at radius 3 is 2.48 bits per heavy atom. The number of benzene rings is 1. The lowest BCUT2D eigenvalue weighted by Gasteiger charge is -2.24. The lowest BCUT2D eigenvalue weighted by atomic mass is 9.82. The first-order chi connectivity index (χ1) is 10.9. The molecule has 0 spiro atoms. The Bertz CT molecular complexity index is 734. The molecule has 3 rings (SSSR count). The third-order valence-corrected chi connectivity index (χ3v) is 3.88. The molecule has 1 fully saturated rings. The van der Waals surface area contributed by atoms with E-state index in [4.69, 9.17) is 4.74 Å². The highest BCUT2D eigenvalue weighted by Crippen LogP contribution is 2.39. The summed E-state index contributed by atoms with van der Waals surface area (Å²) in [5, 5.41) is 24.3. The van der Waals surface area contributed by atoms with Gasteiger partial charge in [0.25, 0.3) is 0 Å². The summed E-state index contributed by atoms with van der Waals surface area (Å²) in [6.07, 6.45) is 1.71. The first kappa shape index (κ1) is 15.1. The molecule has 1 aromatic carbocycles. The van der Waals surface area contributed by atoms with Crippen molar-refractivity contribution in [2.75, 3.05) is 5.32 Å². The predicted molar refractivity (Wildman–Crippen MR) is 71.5 cm³/mol. The van der Waals surface area contributed by atoms with Gasteiger partial charge in [-0.05, 0) is 12.1 Å². The first-order valence-corrected chi connectivity index (χ1v) is 6.68. The van der Waals surface area contributed by atoms with Crippen molar-refractivity contribution in [3.05, 3.63) is 46.3 Å². The molecule has 1 N–H and O–H groups in total. The summed E-state index contributed by atoms with van der Waals surface area (Å²) in [7, 11) is 0. The van der Waals surface area contributed by atoms with Crippen LogP contribution in [0, 0.1) is 27.8 Å². The van der Waals surface area contributed by atoms with Gasteiger partial charge in [-0.1, -0.05) is 12.2 Å². The topological polar surface area (TPSA) is 122 Å². The molecule has 2 aliphatic heterocycles. The smallest absolute Gasteiger partial charge is 0.306 e. The number of aliphatic carboxylic acids is 1. The second-order valence-electron chi connectivity index (χ2n) is 5.23. The number of nitro benzene ring substituents is 1. The summed E-state index contributed by atoms with van der Waals surface area (Å²) in [5.41, 5.74) is -0.796. The third-order valence-electron chi connectivity index (χ3n) is 3.88. The summed E-state index contributed by atoms with van der Waals surface area (Å²) in [4.78, 5) is 33.3. The van der Waals surface area contributed by atoms with E-state index in [1.54, 1.807) is 12.2 Å². The Labute approximate surface area is 128 Å². The standard InChI is InChI=1S/C14H11FN2O6/c15-7-2-1-6(5-8(7)17(21)22)16-13(18)11-9-3-4-10(23-9)12(11)14(19)20/h1-5,9-12H,(H,16,18)(H,19,20)/p-1/t9-,10+,11+,12-/m0/s1. The monoisotopic (exact) mass is 321 g/mol. The van der Waals surface area contributed by atoms with Crippen LogP contribution in [0.4, 0.5) is 15.8 Å². The summed E-state index contributed by atoms with van der Waals surface area (Å²) in [6.45, 7) is 0. The van der Waals surface area contributed by atoms with Crippen molar-refractivity contribution in [3.63, 3.8) is 0 Å². The lowest BCUT2D eigenvalue weighted by Crippen LogP contribution is -2.45. The molecular weight excluding hydrogens is 311 g/mol. The van der Waals surface area contributed by atoms with E-state index in [1.807, 2.05) is 0 Å². The van der Waals surface area contributed by atoms with Gasteiger partial charge < -0.3 is 20.0 Å². The Balaban J connectivity index is 1.82. The number of nitrogens with one attached hydrogen (secondary N) is 1. The van der Waals surface area contributed by atoms with Crippen molar-refractivity contribution in [3.8, 4) is 0 Å². The zero-order valence-corrected chi connectivity index (χ0v) is 11.5. The molecule has 0 unspecified atom stereocenters. The van der Waals surface area contributed by atoms with Crippen LogP contribution in [0.2, 0.25) is 0 Å². The zero-order valence-electron chi connectivity index (χ0n) is 11.5. The average Bonchev–Trinajstić information content (AvgIpc) is 3.09. The van der Waals surface area contributed by atoms with Gasteiger partial charge in [0.1, 0.15) is 0 Å². The van der Waals surface area contributed by atoms with Crippen molar-refractivity contribution in [1.29, 1.82) is 0 Å². The SMILES string of the molecule is O=C([O-])[C@@H]1[C@H](C(=O)Nc2ccc(F)c([N+](=O)[O-])c2)[C@@H]2C=C[C@H]1O2. The fraction of sp³-hybridized carbons (Fsp3) is 0.286. The Hall–Kier alpha value is -2.81. The number of carbonyl (C=O) groups is 2. The van der Waals surface area contributed by atoms with E-state index in [9.17, 15) is 29.2 Å². The number of amides is 1. The van der Waals surface area contributed by atoms with Crippen molar-refractivity contribution in [2.24, 2.45) is 11.8 Å². The van der Waals surface area contributed by atoms with Gasteiger partial charge in [-0.15, -0.1) is 0 Å². The van der Waals surface area contributed by atoms with Gasteiger partial charge in [-0.2, -0.15) is 4.39 Å².